The SMILES string of the molecule is C=CCOc1cc(CCN(C)C)c(O)c2c1NC(=O)CC2.Cl. The first-order valence-electron chi connectivity index (χ1n) is 7.09. The van der Waals surface area contributed by atoms with E-state index in [1.165, 1.54) is 0 Å². The zero-order chi connectivity index (χ0) is 15.4. The number of carbonyl (C=O) groups is 1. The number of ether oxygens (including phenoxy) is 1. The molecule has 1 aromatic carbocycles. The van der Waals surface area contributed by atoms with Gasteiger partial charge in [0, 0.05) is 18.5 Å². The van der Waals surface area contributed by atoms with Crippen molar-refractivity contribution in [1.82, 2.24) is 4.90 Å². The van der Waals surface area contributed by atoms with Crippen LogP contribution in [0.3, 0.4) is 0 Å². The third kappa shape index (κ3) is 4.15. The molecule has 2 N–H and O–H groups in total. The molecule has 0 aliphatic carbocycles. The van der Waals surface area contributed by atoms with Crippen molar-refractivity contribution in [2.75, 3.05) is 32.6 Å². The summed E-state index contributed by atoms with van der Waals surface area (Å²) in [5.74, 6) is 0.828. The summed E-state index contributed by atoms with van der Waals surface area (Å²) in [5.41, 5.74) is 2.21. The van der Waals surface area contributed by atoms with Gasteiger partial charge in [-0.1, -0.05) is 12.7 Å². The third-order valence-electron chi connectivity index (χ3n) is 3.50. The number of halogens is 1. The van der Waals surface area contributed by atoms with Crippen LogP contribution in [0.2, 0.25) is 0 Å². The molecule has 5 nitrogen and oxygen atoms in total. The molecule has 0 atom stereocenters. The van der Waals surface area contributed by atoms with Gasteiger partial charge in [0.2, 0.25) is 5.91 Å². The monoisotopic (exact) mass is 326 g/mol. The van der Waals surface area contributed by atoms with Gasteiger partial charge in [-0.3, -0.25) is 4.79 Å². The van der Waals surface area contributed by atoms with Gasteiger partial charge in [-0.05, 0) is 38.6 Å². The molecule has 22 heavy (non-hydrogen) atoms. The fraction of sp³-hybridized carbons (Fsp3) is 0.438. The number of carbonyl (C=O) groups excluding carboxylic acids is 1. The Morgan fingerprint density at radius 2 is 2.18 bits per heavy atom. The number of phenolic OH excluding ortho intramolecular Hbond substituents is 1. The van der Waals surface area contributed by atoms with Crippen molar-refractivity contribution in [2.45, 2.75) is 19.3 Å². The number of benzene rings is 1. The number of phenols is 1. The van der Waals surface area contributed by atoms with Gasteiger partial charge >= 0.3 is 0 Å². The number of amides is 1. The number of rotatable bonds is 6. The van der Waals surface area contributed by atoms with Gasteiger partial charge in [-0.25, -0.2) is 0 Å². The molecule has 0 fully saturated rings. The third-order valence-corrected chi connectivity index (χ3v) is 3.50. The van der Waals surface area contributed by atoms with E-state index in [-0.39, 0.29) is 24.1 Å². The lowest BCUT2D eigenvalue weighted by Gasteiger charge is -2.23. The highest BCUT2D eigenvalue weighted by molar-refractivity contribution is 5.96. The molecule has 0 saturated heterocycles. The fourth-order valence-electron chi connectivity index (χ4n) is 2.38. The van der Waals surface area contributed by atoms with E-state index in [2.05, 4.69) is 16.8 Å². The molecule has 1 aliphatic rings. The number of nitrogens with one attached hydrogen (secondary N) is 1. The van der Waals surface area contributed by atoms with Crippen molar-refractivity contribution in [1.29, 1.82) is 0 Å². The second kappa shape index (κ2) is 8.06. The molecule has 2 rings (SSSR count). The summed E-state index contributed by atoms with van der Waals surface area (Å²) in [6, 6.07) is 1.81. The Hall–Kier alpha value is -1.72. The van der Waals surface area contributed by atoms with Crippen molar-refractivity contribution >= 4 is 24.0 Å². The van der Waals surface area contributed by atoms with Crippen molar-refractivity contribution < 1.29 is 14.6 Å². The van der Waals surface area contributed by atoms with E-state index >= 15 is 0 Å². The van der Waals surface area contributed by atoms with E-state index in [1.54, 1.807) is 6.08 Å². The Bertz CT molecular complexity index is 559. The Kier molecular flexibility index (Phi) is 6.71. The first-order chi connectivity index (χ1) is 10.0. The first kappa shape index (κ1) is 18.3. The summed E-state index contributed by atoms with van der Waals surface area (Å²) in [5, 5.41) is 13.2. The van der Waals surface area contributed by atoms with Gasteiger partial charge in [-0.15, -0.1) is 12.4 Å². The van der Waals surface area contributed by atoms with Crippen LogP contribution in [0.15, 0.2) is 18.7 Å². The Morgan fingerprint density at radius 1 is 1.45 bits per heavy atom. The van der Waals surface area contributed by atoms with E-state index < -0.39 is 0 Å². The van der Waals surface area contributed by atoms with Crippen LogP contribution in [0.4, 0.5) is 5.69 Å². The van der Waals surface area contributed by atoms with Gasteiger partial charge in [0.1, 0.15) is 18.1 Å². The molecule has 0 saturated carbocycles. The Balaban J connectivity index is 0.00000242. The summed E-state index contributed by atoms with van der Waals surface area (Å²) in [7, 11) is 3.98. The summed E-state index contributed by atoms with van der Waals surface area (Å²) in [6.45, 7) is 4.83. The van der Waals surface area contributed by atoms with Crippen molar-refractivity contribution in [2.24, 2.45) is 0 Å². The quantitative estimate of drug-likeness (QED) is 0.788. The molecule has 0 radical (unpaired) electrons. The standard InChI is InChI=1S/C16H22N2O3.ClH/c1-4-9-21-13-10-11(7-8-18(2)3)16(20)12-5-6-14(19)17-15(12)13;/h4,10,20H,1,5-9H2,2-3H3,(H,17,19);1H. The van der Waals surface area contributed by atoms with E-state index in [0.717, 1.165) is 24.1 Å². The highest BCUT2D eigenvalue weighted by Gasteiger charge is 2.24. The second-order valence-corrected chi connectivity index (χ2v) is 5.44. The van der Waals surface area contributed by atoms with Crippen LogP contribution in [0.25, 0.3) is 0 Å². The summed E-state index contributed by atoms with van der Waals surface area (Å²) < 4.78 is 5.65. The highest BCUT2D eigenvalue weighted by Crippen LogP contribution is 2.41. The lowest BCUT2D eigenvalue weighted by molar-refractivity contribution is -0.116. The lowest BCUT2D eigenvalue weighted by atomic mass is 9.96. The lowest BCUT2D eigenvalue weighted by Crippen LogP contribution is -2.21. The Labute approximate surface area is 137 Å². The topological polar surface area (TPSA) is 61.8 Å². The average Bonchev–Trinajstić information content (AvgIpc) is 2.45. The zero-order valence-corrected chi connectivity index (χ0v) is 13.8. The smallest absolute Gasteiger partial charge is 0.224 e. The number of aromatic hydroxyl groups is 1. The first-order valence-corrected chi connectivity index (χ1v) is 7.09. The van der Waals surface area contributed by atoms with Gasteiger partial charge in [0.15, 0.2) is 0 Å². The minimum atomic E-state index is -0.0496. The van der Waals surface area contributed by atoms with Crippen LogP contribution in [-0.4, -0.2) is 43.2 Å². The maximum Gasteiger partial charge on any atom is 0.224 e. The zero-order valence-electron chi connectivity index (χ0n) is 13.0. The Morgan fingerprint density at radius 3 is 2.82 bits per heavy atom. The number of hydrogen-bond donors (Lipinski definition) is 2. The maximum absolute atomic E-state index is 11.6. The predicted molar refractivity (Wildman–Crippen MR) is 90.3 cm³/mol. The second-order valence-electron chi connectivity index (χ2n) is 5.44. The van der Waals surface area contributed by atoms with Crippen LogP contribution >= 0.6 is 12.4 Å². The molecule has 1 aromatic rings. The van der Waals surface area contributed by atoms with Gasteiger partial charge in [0.25, 0.3) is 0 Å². The predicted octanol–water partition coefficient (Wildman–Crippen LogP) is 2.37. The minimum absolute atomic E-state index is 0. The summed E-state index contributed by atoms with van der Waals surface area (Å²) >= 11 is 0. The maximum atomic E-state index is 11.6. The number of likely N-dealkylation sites (N-methyl/N-ethyl adjacent to an activating group) is 1. The van der Waals surface area contributed by atoms with Gasteiger partial charge < -0.3 is 20.1 Å². The van der Waals surface area contributed by atoms with Crippen LogP contribution in [0, 0.1) is 0 Å². The molecular formula is C16H23ClN2O3. The molecular weight excluding hydrogens is 304 g/mol. The van der Waals surface area contributed by atoms with E-state index in [1.807, 2.05) is 20.2 Å². The van der Waals surface area contributed by atoms with E-state index in [4.69, 9.17) is 4.74 Å². The normalized spacial score (nSPS) is 13.1. The summed E-state index contributed by atoms with van der Waals surface area (Å²) in [6.07, 6.45) is 3.31. The number of nitrogens with zero attached hydrogens (tertiary/aromatic N) is 1. The fourth-order valence-corrected chi connectivity index (χ4v) is 2.38. The highest BCUT2D eigenvalue weighted by atomic mass is 35.5. The van der Waals surface area contributed by atoms with Crippen molar-refractivity contribution in [3.63, 3.8) is 0 Å². The molecule has 0 aromatic heterocycles. The number of fused-ring (bicyclic) bond motifs is 1. The van der Waals surface area contributed by atoms with Crippen molar-refractivity contribution in [3.8, 4) is 11.5 Å². The molecule has 1 amide bonds. The molecule has 1 heterocycles. The van der Waals surface area contributed by atoms with Crippen LogP contribution in [0.5, 0.6) is 11.5 Å². The van der Waals surface area contributed by atoms with Gasteiger partial charge in [0.05, 0.1) is 5.69 Å². The molecule has 0 spiro atoms. The minimum Gasteiger partial charge on any atom is -0.507 e. The molecule has 1 aliphatic heterocycles. The number of anilines is 1. The van der Waals surface area contributed by atoms with Crippen LogP contribution in [0.1, 0.15) is 17.5 Å². The molecule has 122 valence electrons. The summed E-state index contributed by atoms with van der Waals surface area (Å²) in [4.78, 5) is 13.6. The molecule has 0 bridgehead atoms. The van der Waals surface area contributed by atoms with E-state index in [9.17, 15) is 9.90 Å². The van der Waals surface area contributed by atoms with Gasteiger partial charge in [-0.2, -0.15) is 0 Å². The number of hydrogen-bond acceptors (Lipinski definition) is 4. The largest absolute Gasteiger partial charge is 0.507 e. The van der Waals surface area contributed by atoms with E-state index in [0.29, 0.717) is 30.9 Å². The molecule has 6 heteroatoms. The van der Waals surface area contributed by atoms with Crippen LogP contribution < -0.4 is 10.1 Å². The average molecular weight is 327 g/mol. The van der Waals surface area contributed by atoms with Crippen molar-refractivity contribution in [3.05, 3.63) is 29.8 Å². The van der Waals surface area contributed by atoms with Crippen LogP contribution in [-0.2, 0) is 17.6 Å². The molecule has 0 unspecified atom stereocenters.